The summed E-state index contributed by atoms with van der Waals surface area (Å²) < 4.78 is 31.6. The van der Waals surface area contributed by atoms with E-state index in [4.69, 9.17) is 5.73 Å². The molecule has 0 saturated heterocycles. The van der Waals surface area contributed by atoms with Crippen LogP contribution in [0.15, 0.2) is 18.2 Å². The van der Waals surface area contributed by atoms with Crippen LogP contribution < -0.4 is 5.73 Å². The lowest BCUT2D eigenvalue weighted by atomic mass is 9.66. The van der Waals surface area contributed by atoms with Gasteiger partial charge in [-0.2, -0.15) is 0 Å². The molecule has 5 heteroatoms. The molecule has 1 aromatic rings. The van der Waals surface area contributed by atoms with E-state index in [0.717, 1.165) is 12.1 Å². The second kappa shape index (κ2) is 5.25. The number of hydrogen-bond acceptors (Lipinski definition) is 3. The number of methoxy groups -OCH3 is 1. The molecule has 1 unspecified atom stereocenters. The maximum atomic E-state index is 14.0. The molecule has 1 atom stereocenters. The Morgan fingerprint density at radius 3 is 2.32 bits per heavy atom. The van der Waals surface area contributed by atoms with Crippen molar-refractivity contribution in [3.05, 3.63) is 35.4 Å². The van der Waals surface area contributed by atoms with Crippen molar-refractivity contribution in [2.45, 2.75) is 38.1 Å². The molecular weight excluding hydrogens is 252 g/mol. The predicted octanol–water partition coefficient (Wildman–Crippen LogP) is 2.52. The normalized spacial score (nSPS) is 14.9. The van der Waals surface area contributed by atoms with Crippen LogP contribution in [0.2, 0.25) is 0 Å². The topological polar surface area (TPSA) is 52.3 Å². The van der Waals surface area contributed by atoms with Gasteiger partial charge in [0.05, 0.1) is 13.5 Å². The van der Waals surface area contributed by atoms with Crippen molar-refractivity contribution in [1.82, 2.24) is 0 Å². The number of carbonyl (C=O) groups is 1. The Balaban J connectivity index is 3.35. The number of nitrogens with two attached hydrogens (primary N) is 1. The van der Waals surface area contributed by atoms with E-state index in [2.05, 4.69) is 4.74 Å². The number of esters is 1. The van der Waals surface area contributed by atoms with Gasteiger partial charge in [0.2, 0.25) is 0 Å². The van der Waals surface area contributed by atoms with Gasteiger partial charge in [-0.05, 0) is 25.5 Å². The lowest BCUT2D eigenvalue weighted by molar-refractivity contribution is -0.142. The average Bonchev–Trinajstić information content (AvgIpc) is 2.26. The van der Waals surface area contributed by atoms with Crippen LogP contribution in [-0.2, 0) is 14.9 Å². The summed E-state index contributed by atoms with van der Waals surface area (Å²) in [6, 6.07) is 3.26. The molecule has 0 aromatic heterocycles. The van der Waals surface area contributed by atoms with Crippen LogP contribution in [0.4, 0.5) is 8.78 Å². The van der Waals surface area contributed by atoms with Crippen molar-refractivity contribution >= 4 is 5.97 Å². The molecule has 0 aliphatic heterocycles. The van der Waals surface area contributed by atoms with Gasteiger partial charge in [0.15, 0.2) is 0 Å². The van der Waals surface area contributed by atoms with Crippen LogP contribution in [0.1, 0.15) is 32.8 Å². The van der Waals surface area contributed by atoms with Gasteiger partial charge < -0.3 is 10.5 Å². The fourth-order valence-corrected chi connectivity index (χ4v) is 1.97. The number of carbonyl (C=O) groups excluding carboxylic acids is 1. The maximum absolute atomic E-state index is 14.0. The highest BCUT2D eigenvalue weighted by Gasteiger charge is 2.43. The number of rotatable bonds is 4. The summed E-state index contributed by atoms with van der Waals surface area (Å²) in [5, 5.41) is 0. The number of ether oxygens (including phenoxy) is 1. The summed E-state index contributed by atoms with van der Waals surface area (Å²) in [5.74, 6) is -1.88. The zero-order valence-electron chi connectivity index (χ0n) is 11.6. The van der Waals surface area contributed by atoms with Crippen LogP contribution in [0.25, 0.3) is 0 Å². The molecule has 0 fully saturated rings. The smallest absolute Gasteiger partial charge is 0.306 e. The van der Waals surface area contributed by atoms with E-state index in [1.165, 1.54) is 13.2 Å². The van der Waals surface area contributed by atoms with E-state index in [9.17, 15) is 13.6 Å². The Morgan fingerprint density at radius 2 is 1.89 bits per heavy atom. The molecule has 0 bridgehead atoms. The van der Waals surface area contributed by atoms with Gasteiger partial charge in [-0.15, -0.1) is 0 Å². The molecule has 0 heterocycles. The molecule has 0 saturated carbocycles. The summed E-state index contributed by atoms with van der Waals surface area (Å²) >= 11 is 0. The zero-order chi connectivity index (χ0) is 14.8. The molecule has 19 heavy (non-hydrogen) atoms. The lowest BCUT2D eigenvalue weighted by Gasteiger charge is -2.41. The van der Waals surface area contributed by atoms with Gasteiger partial charge in [0, 0.05) is 17.0 Å². The Bertz CT molecular complexity index is 483. The van der Waals surface area contributed by atoms with E-state index < -0.39 is 28.6 Å². The van der Waals surface area contributed by atoms with Crippen molar-refractivity contribution in [2.75, 3.05) is 7.11 Å². The second-order valence-electron chi connectivity index (χ2n) is 5.43. The van der Waals surface area contributed by atoms with Crippen molar-refractivity contribution in [3.63, 3.8) is 0 Å². The number of halogens is 2. The molecule has 0 spiro atoms. The largest absolute Gasteiger partial charge is 0.469 e. The molecule has 0 amide bonds. The summed E-state index contributed by atoms with van der Waals surface area (Å²) in [6.07, 6.45) is -0.0877. The Kier molecular flexibility index (Phi) is 4.30. The van der Waals surface area contributed by atoms with Gasteiger partial charge in [0.25, 0.3) is 0 Å². The third-order valence-corrected chi connectivity index (χ3v) is 3.67. The monoisotopic (exact) mass is 271 g/mol. The van der Waals surface area contributed by atoms with E-state index in [0.29, 0.717) is 0 Å². The van der Waals surface area contributed by atoms with Gasteiger partial charge in [-0.1, -0.05) is 13.0 Å². The van der Waals surface area contributed by atoms with Crippen LogP contribution in [0.3, 0.4) is 0 Å². The van der Waals surface area contributed by atoms with Crippen LogP contribution in [0, 0.1) is 11.6 Å². The van der Waals surface area contributed by atoms with Crippen molar-refractivity contribution in [3.8, 4) is 0 Å². The quantitative estimate of drug-likeness (QED) is 0.856. The van der Waals surface area contributed by atoms with Crippen LogP contribution >= 0.6 is 0 Å². The molecule has 0 radical (unpaired) electrons. The Morgan fingerprint density at radius 1 is 1.32 bits per heavy atom. The van der Waals surface area contributed by atoms with Gasteiger partial charge in [-0.25, -0.2) is 8.78 Å². The van der Waals surface area contributed by atoms with Gasteiger partial charge >= 0.3 is 5.97 Å². The highest BCUT2D eigenvalue weighted by Crippen LogP contribution is 2.38. The Hall–Kier alpha value is -1.49. The highest BCUT2D eigenvalue weighted by atomic mass is 19.1. The minimum atomic E-state index is -1.00. The molecular formula is C14H19F2NO2. The molecule has 0 aliphatic carbocycles. The summed E-state index contributed by atoms with van der Waals surface area (Å²) in [5.41, 5.74) is 4.40. The van der Waals surface area contributed by atoms with Gasteiger partial charge in [-0.3, -0.25) is 4.79 Å². The van der Waals surface area contributed by atoms with Gasteiger partial charge in [0.1, 0.15) is 11.6 Å². The lowest BCUT2D eigenvalue weighted by Crippen LogP contribution is -2.53. The fraction of sp³-hybridized carbons (Fsp3) is 0.500. The standard InChI is InChI=1S/C14H19F2NO2/c1-13(2,17)14(3,8-12(18)19-4)10-6-5-9(15)7-11(10)16/h5-7H,8,17H2,1-4H3. The Labute approximate surface area is 111 Å². The van der Waals surface area contributed by atoms with E-state index in [-0.39, 0.29) is 12.0 Å². The second-order valence-corrected chi connectivity index (χ2v) is 5.43. The first-order valence-electron chi connectivity index (χ1n) is 5.93. The van der Waals surface area contributed by atoms with Crippen molar-refractivity contribution in [2.24, 2.45) is 5.73 Å². The average molecular weight is 271 g/mol. The van der Waals surface area contributed by atoms with E-state index >= 15 is 0 Å². The van der Waals surface area contributed by atoms with Crippen LogP contribution in [-0.4, -0.2) is 18.6 Å². The van der Waals surface area contributed by atoms with Crippen molar-refractivity contribution < 1.29 is 18.3 Å². The highest BCUT2D eigenvalue weighted by molar-refractivity contribution is 5.71. The summed E-state index contributed by atoms with van der Waals surface area (Å²) in [6.45, 7) is 5.05. The minimum Gasteiger partial charge on any atom is -0.469 e. The first-order chi connectivity index (χ1) is 8.61. The summed E-state index contributed by atoms with van der Waals surface area (Å²) in [7, 11) is 1.26. The fourth-order valence-electron chi connectivity index (χ4n) is 1.97. The zero-order valence-corrected chi connectivity index (χ0v) is 11.6. The molecule has 1 rings (SSSR count). The predicted molar refractivity (Wildman–Crippen MR) is 68.6 cm³/mol. The van der Waals surface area contributed by atoms with Crippen molar-refractivity contribution in [1.29, 1.82) is 0 Å². The maximum Gasteiger partial charge on any atom is 0.306 e. The third kappa shape index (κ3) is 3.10. The van der Waals surface area contributed by atoms with E-state index in [1.807, 2.05) is 0 Å². The first kappa shape index (κ1) is 15.6. The minimum absolute atomic E-state index is 0.0877. The number of hydrogen-bond donors (Lipinski definition) is 1. The first-order valence-corrected chi connectivity index (χ1v) is 5.93. The third-order valence-electron chi connectivity index (χ3n) is 3.67. The molecule has 2 N–H and O–H groups in total. The molecule has 3 nitrogen and oxygen atoms in total. The SMILES string of the molecule is COC(=O)CC(C)(c1ccc(F)cc1F)C(C)(C)N. The van der Waals surface area contributed by atoms with E-state index in [1.54, 1.807) is 20.8 Å². The summed E-state index contributed by atoms with van der Waals surface area (Å²) in [4.78, 5) is 11.6. The molecule has 1 aromatic carbocycles. The molecule has 0 aliphatic rings. The molecule has 106 valence electrons. The van der Waals surface area contributed by atoms with Crippen LogP contribution in [0.5, 0.6) is 0 Å². The number of benzene rings is 1.